The zero-order valence-corrected chi connectivity index (χ0v) is 20.5. The second-order valence-corrected chi connectivity index (χ2v) is 8.80. The van der Waals surface area contributed by atoms with Gasteiger partial charge in [0.1, 0.15) is 23.2 Å². The fourth-order valence-electron chi connectivity index (χ4n) is 4.03. The van der Waals surface area contributed by atoms with Crippen LogP contribution < -0.4 is 31.7 Å². The third-order valence-corrected chi connectivity index (χ3v) is 5.96. The van der Waals surface area contributed by atoms with E-state index in [2.05, 4.69) is 36.0 Å². The van der Waals surface area contributed by atoms with Gasteiger partial charge in [0.15, 0.2) is 0 Å². The maximum Gasteiger partial charge on any atom is 0.573 e. The average Bonchev–Trinajstić information content (AvgIpc) is 2.88. The van der Waals surface area contributed by atoms with Gasteiger partial charge in [-0.05, 0) is 37.7 Å². The first-order valence-electron chi connectivity index (χ1n) is 12.0. The molecule has 38 heavy (non-hydrogen) atoms. The molecule has 0 atom stereocenters. The number of nitrogens with two attached hydrogens (primary N) is 1. The molecule has 0 bridgehead atoms. The molecule has 0 spiro atoms. The first-order valence-corrected chi connectivity index (χ1v) is 12.0. The second-order valence-electron chi connectivity index (χ2n) is 8.80. The Morgan fingerprint density at radius 3 is 2.55 bits per heavy atom. The van der Waals surface area contributed by atoms with Crippen molar-refractivity contribution in [1.29, 1.82) is 5.26 Å². The molecule has 6 N–H and O–H groups in total. The lowest BCUT2D eigenvalue weighted by molar-refractivity contribution is -0.274. The quantitative estimate of drug-likeness (QED) is 0.274. The monoisotopic (exact) mass is 534 g/mol. The Morgan fingerprint density at radius 2 is 1.87 bits per heavy atom. The van der Waals surface area contributed by atoms with Crippen molar-refractivity contribution in [2.24, 2.45) is 11.7 Å². The van der Waals surface area contributed by atoms with E-state index in [0.717, 1.165) is 25.7 Å². The van der Waals surface area contributed by atoms with Crippen molar-refractivity contribution in [2.45, 2.75) is 44.6 Å². The lowest BCUT2D eigenvalue weighted by Crippen LogP contribution is -2.43. The smallest absolute Gasteiger partial charge is 0.405 e. The molecule has 1 fully saturated rings. The first-order chi connectivity index (χ1) is 18.1. The zero-order chi connectivity index (χ0) is 27.5. The zero-order valence-electron chi connectivity index (χ0n) is 20.5. The molecule has 3 rings (SSSR count). The van der Waals surface area contributed by atoms with Gasteiger partial charge < -0.3 is 31.7 Å². The van der Waals surface area contributed by atoms with Crippen molar-refractivity contribution in [3.8, 4) is 11.8 Å². The molecule has 11 nitrogen and oxygen atoms in total. The number of primary amides is 1. The van der Waals surface area contributed by atoms with Crippen LogP contribution in [0.4, 0.5) is 24.9 Å². The Morgan fingerprint density at radius 1 is 1.13 bits per heavy atom. The number of ether oxygens (including phenoxy) is 1. The predicted molar refractivity (Wildman–Crippen MR) is 132 cm³/mol. The summed E-state index contributed by atoms with van der Waals surface area (Å²) in [6.45, 7) is 0.466. The highest BCUT2D eigenvalue weighted by molar-refractivity contribution is 5.84. The maximum atomic E-state index is 12.7. The molecule has 2 aromatic rings. The number of benzene rings is 1. The van der Waals surface area contributed by atoms with E-state index < -0.39 is 12.3 Å². The number of nitrogens with one attached hydrogen (secondary N) is 4. The van der Waals surface area contributed by atoms with Gasteiger partial charge in [-0.15, -0.1) is 13.2 Å². The summed E-state index contributed by atoms with van der Waals surface area (Å²) in [7, 11) is 0. The van der Waals surface area contributed by atoms with Crippen LogP contribution in [0.5, 0.6) is 5.75 Å². The summed E-state index contributed by atoms with van der Waals surface area (Å²) in [5, 5.41) is 21.1. The van der Waals surface area contributed by atoms with E-state index >= 15 is 0 Å². The lowest BCUT2D eigenvalue weighted by atomic mass is 9.86. The number of alkyl halides is 3. The fraction of sp³-hybridized carbons (Fsp3) is 0.458. The summed E-state index contributed by atoms with van der Waals surface area (Å²) >= 11 is 0. The van der Waals surface area contributed by atoms with Crippen LogP contribution in [0.15, 0.2) is 30.5 Å². The van der Waals surface area contributed by atoms with Crippen LogP contribution in [0.1, 0.15) is 36.8 Å². The van der Waals surface area contributed by atoms with Gasteiger partial charge in [-0.3, -0.25) is 9.59 Å². The number of amides is 2. The summed E-state index contributed by atoms with van der Waals surface area (Å²) in [6.07, 6.45) is 0.0321. The number of para-hydroxylation sites is 1. The molecule has 14 heteroatoms. The van der Waals surface area contributed by atoms with Gasteiger partial charge in [0.05, 0.1) is 19.3 Å². The Bertz CT molecular complexity index is 1150. The van der Waals surface area contributed by atoms with E-state index in [1.165, 1.54) is 24.4 Å². The number of hydrogen-bond donors (Lipinski definition) is 5. The predicted octanol–water partition coefficient (Wildman–Crippen LogP) is 2.02. The SMILES string of the molecule is N#Cc1cnc(NCc2ccccc2OC(F)(F)F)nc1NCC1CCC(NCC(=O)NCC(N)=O)CC1. The van der Waals surface area contributed by atoms with Crippen molar-refractivity contribution in [1.82, 2.24) is 20.6 Å². The van der Waals surface area contributed by atoms with Gasteiger partial charge in [0.25, 0.3) is 0 Å². The van der Waals surface area contributed by atoms with Crippen LogP contribution in [0.3, 0.4) is 0 Å². The maximum absolute atomic E-state index is 12.7. The summed E-state index contributed by atoms with van der Waals surface area (Å²) in [5.74, 6) is -0.413. The molecular formula is C24H29F3N8O3. The minimum Gasteiger partial charge on any atom is -0.405 e. The van der Waals surface area contributed by atoms with E-state index in [1.54, 1.807) is 6.07 Å². The van der Waals surface area contributed by atoms with Gasteiger partial charge in [-0.2, -0.15) is 10.2 Å². The highest BCUT2D eigenvalue weighted by Gasteiger charge is 2.32. The molecule has 1 saturated carbocycles. The average molecular weight is 535 g/mol. The molecule has 0 unspecified atom stereocenters. The number of nitrogens with zero attached hydrogens (tertiary/aromatic N) is 3. The largest absolute Gasteiger partial charge is 0.573 e. The molecule has 0 saturated heterocycles. The molecule has 1 aliphatic rings. The number of carbonyl (C=O) groups excluding carboxylic acids is 2. The number of aromatic nitrogens is 2. The normalized spacial score (nSPS) is 17.2. The molecule has 0 aliphatic heterocycles. The molecule has 1 aromatic carbocycles. The number of rotatable bonds is 12. The van der Waals surface area contributed by atoms with Crippen molar-refractivity contribution in [2.75, 3.05) is 30.3 Å². The van der Waals surface area contributed by atoms with Crippen LogP contribution in [-0.2, 0) is 16.1 Å². The van der Waals surface area contributed by atoms with Gasteiger partial charge in [0.2, 0.25) is 17.8 Å². The van der Waals surface area contributed by atoms with Gasteiger partial charge in [-0.25, -0.2) is 4.98 Å². The van der Waals surface area contributed by atoms with Gasteiger partial charge >= 0.3 is 6.36 Å². The van der Waals surface area contributed by atoms with Crippen molar-refractivity contribution < 1.29 is 27.5 Å². The van der Waals surface area contributed by atoms with E-state index in [4.69, 9.17) is 5.73 Å². The number of hydrogen-bond acceptors (Lipinski definition) is 9. The van der Waals surface area contributed by atoms with Crippen molar-refractivity contribution in [3.05, 3.63) is 41.6 Å². The molecule has 1 aliphatic carbocycles. The molecule has 1 aromatic heterocycles. The minimum absolute atomic E-state index is 0.0187. The molecule has 1 heterocycles. The van der Waals surface area contributed by atoms with Crippen LogP contribution in [0.2, 0.25) is 0 Å². The van der Waals surface area contributed by atoms with Crippen molar-refractivity contribution in [3.63, 3.8) is 0 Å². The summed E-state index contributed by atoms with van der Waals surface area (Å²) in [5.41, 5.74) is 5.52. The Labute approximate surface area is 217 Å². The van der Waals surface area contributed by atoms with Gasteiger partial charge in [-0.1, -0.05) is 18.2 Å². The number of carbonyl (C=O) groups is 2. The molecule has 2 amide bonds. The van der Waals surface area contributed by atoms with Crippen LogP contribution >= 0.6 is 0 Å². The van der Waals surface area contributed by atoms with Crippen molar-refractivity contribution >= 4 is 23.6 Å². The summed E-state index contributed by atoms with van der Waals surface area (Å²) in [4.78, 5) is 30.9. The summed E-state index contributed by atoms with van der Waals surface area (Å²) in [6, 6.07) is 7.97. The Kier molecular flexibility index (Phi) is 10.1. The Balaban J connectivity index is 1.49. The third-order valence-electron chi connectivity index (χ3n) is 5.96. The van der Waals surface area contributed by atoms with Crippen LogP contribution in [0.25, 0.3) is 0 Å². The van der Waals surface area contributed by atoms with Crippen LogP contribution in [-0.4, -0.2) is 53.8 Å². The molecule has 0 radical (unpaired) electrons. The number of anilines is 2. The van der Waals surface area contributed by atoms with E-state index in [0.29, 0.717) is 18.3 Å². The van der Waals surface area contributed by atoms with Gasteiger partial charge in [0, 0.05) is 24.7 Å². The minimum atomic E-state index is -4.81. The molecular weight excluding hydrogens is 505 g/mol. The molecule has 204 valence electrons. The fourth-order valence-corrected chi connectivity index (χ4v) is 4.03. The number of halogens is 3. The van der Waals surface area contributed by atoms with E-state index in [9.17, 15) is 28.0 Å². The highest BCUT2D eigenvalue weighted by atomic mass is 19.4. The highest BCUT2D eigenvalue weighted by Crippen LogP contribution is 2.27. The number of nitriles is 1. The van der Waals surface area contributed by atoms with E-state index in [1.807, 2.05) is 6.07 Å². The standard InChI is InChI=1S/C24H29F3N8O3/c25-24(26,27)38-19-4-2-1-3-16(19)11-33-23-34-12-17(9-28)22(35-23)32-10-15-5-7-18(8-6-15)30-14-21(37)31-13-20(29)36/h1-4,12,15,18,30H,5-8,10-11,13-14H2,(H2,29,36)(H,31,37)(H2,32,33,34,35). The van der Waals surface area contributed by atoms with Crippen LogP contribution in [0, 0.1) is 17.2 Å². The second kappa shape index (κ2) is 13.4. The third kappa shape index (κ3) is 9.40. The first kappa shape index (κ1) is 28.5. The summed E-state index contributed by atoms with van der Waals surface area (Å²) < 4.78 is 42.1. The lowest BCUT2D eigenvalue weighted by Gasteiger charge is -2.29. The topological polar surface area (TPSA) is 167 Å². The van der Waals surface area contributed by atoms with E-state index in [-0.39, 0.29) is 54.4 Å². The Hall–Kier alpha value is -4.12.